The number of hydrogen-bond donors (Lipinski definition) is 0. The van der Waals surface area contributed by atoms with E-state index in [9.17, 15) is 4.79 Å². The minimum Gasteiger partial charge on any atom is -0.309 e. The summed E-state index contributed by atoms with van der Waals surface area (Å²) in [6.07, 6.45) is 0. The Balaban J connectivity index is 1.38. The van der Waals surface area contributed by atoms with E-state index in [-0.39, 0.29) is 11.0 Å². The van der Waals surface area contributed by atoms with Crippen LogP contribution < -0.4 is 5.56 Å². The van der Waals surface area contributed by atoms with Crippen LogP contribution in [0.15, 0.2) is 108 Å². The average molecular weight is 534 g/mol. The molecule has 190 valence electrons. The lowest BCUT2D eigenvalue weighted by molar-refractivity contribution is 0.661. The van der Waals surface area contributed by atoms with Crippen LogP contribution in [0.3, 0.4) is 0 Å². The molecule has 5 heteroatoms. The van der Waals surface area contributed by atoms with Crippen molar-refractivity contribution in [3.8, 4) is 16.8 Å². The molecule has 5 aromatic carbocycles. The van der Waals surface area contributed by atoms with Crippen LogP contribution in [0, 0.1) is 0 Å². The second-order valence-corrected chi connectivity index (χ2v) is 12.3. The molecule has 4 nitrogen and oxygen atoms in total. The fourth-order valence-corrected chi connectivity index (χ4v) is 7.86. The Morgan fingerprint density at radius 2 is 1.45 bits per heavy atom. The molecule has 0 radical (unpaired) electrons. The Hall–Kier alpha value is -4.74. The van der Waals surface area contributed by atoms with Gasteiger partial charge in [-0.25, -0.2) is 9.38 Å². The van der Waals surface area contributed by atoms with Crippen molar-refractivity contribution in [1.29, 1.82) is 0 Å². The smallest absolute Gasteiger partial charge is 0.266 e. The van der Waals surface area contributed by atoms with Crippen molar-refractivity contribution in [2.45, 2.75) is 19.3 Å². The lowest BCUT2D eigenvalue weighted by Gasteiger charge is -2.21. The van der Waals surface area contributed by atoms with Crippen LogP contribution in [0.5, 0.6) is 0 Å². The van der Waals surface area contributed by atoms with Gasteiger partial charge in [-0.2, -0.15) is 0 Å². The van der Waals surface area contributed by atoms with E-state index in [1.165, 1.54) is 38.5 Å². The van der Waals surface area contributed by atoms with Gasteiger partial charge in [0.05, 0.1) is 27.5 Å². The molecule has 0 unspecified atom stereocenters. The van der Waals surface area contributed by atoms with E-state index >= 15 is 0 Å². The number of para-hydroxylation sites is 1. The first-order valence-corrected chi connectivity index (χ1v) is 14.3. The molecular formula is C35H23N3OS. The Morgan fingerprint density at radius 3 is 2.35 bits per heavy atom. The number of benzene rings is 5. The van der Waals surface area contributed by atoms with E-state index in [4.69, 9.17) is 4.98 Å². The molecule has 0 saturated heterocycles. The van der Waals surface area contributed by atoms with E-state index in [2.05, 4.69) is 91.2 Å². The lowest BCUT2D eigenvalue weighted by atomic mass is 9.82. The number of aromatic nitrogens is 3. The number of fused-ring (bicyclic) bond motifs is 10. The molecular weight excluding hydrogens is 510 g/mol. The highest BCUT2D eigenvalue weighted by atomic mass is 32.1. The molecule has 0 spiro atoms. The van der Waals surface area contributed by atoms with E-state index in [0.717, 1.165) is 37.3 Å². The van der Waals surface area contributed by atoms with Crippen molar-refractivity contribution in [2.24, 2.45) is 0 Å². The highest BCUT2D eigenvalue weighted by molar-refractivity contribution is 7.23. The van der Waals surface area contributed by atoms with Crippen LogP contribution in [0.4, 0.5) is 0 Å². The summed E-state index contributed by atoms with van der Waals surface area (Å²) in [7, 11) is 0. The van der Waals surface area contributed by atoms with Gasteiger partial charge in [0.2, 0.25) is 0 Å². The molecule has 0 amide bonds. The maximum Gasteiger partial charge on any atom is 0.266 e. The fraction of sp³-hybridized carbons (Fsp3) is 0.0857. The molecule has 3 aromatic heterocycles. The van der Waals surface area contributed by atoms with Crippen LogP contribution in [-0.4, -0.2) is 14.0 Å². The molecule has 0 aliphatic heterocycles. The molecule has 0 saturated carbocycles. The largest absolute Gasteiger partial charge is 0.309 e. The average Bonchev–Trinajstić information content (AvgIpc) is 3.58. The van der Waals surface area contributed by atoms with Crippen molar-refractivity contribution in [1.82, 2.24) is 14.0 Å². The second-order valence-electron chi connectivity index (χ2n) is 11.2. The summed E-state index contributed by atoms with van der Waals surface area (Å²) in [6, 6.07) is 36.2. The molecule has 9 rings (SSSR count). The first-order chi connectivity index (χ1) is 19.5. The van der Waals surface area contributed by atoms with Gasteiger partial charge in [-0.3, -0.25) is 4.79 Å². The third-order valence-corrected chi connectivity index (χ3v) is 9.80. The Bertz CT molecular complexity index is 2440. The minimum atomic E-state index is -0.0904. The van der Waals surface area contributed by atoms with Gasteiger partial charge in [-0.15, -0.1) is 0 Å². The monoisotopic (exact) mass is 533 g/mol. The second kappa shape index (κ2) is 7.46. The van der Waals surface area contributed by atoms with Crippen LogP contribution in [0.2, 0.25) is 0 Å². The topological polar surface area (TPSA) is 39.3 Å². The maximum atomic E-state index is 13.6. The highest BCUT2D eigenvalue weighted by Crippen LogP contribution is 2.50. The van der Waals surface area contributed by atoms with Crippen LogP contribution in [0.1, 0.15) is 25.0 Å². The van der Waals surface area contributed by atoms with Gasteiger partial charge in [0.1, 0.15) is 0 Å². The van der Waals surface area contributed by atoms with Gasteiger partial charge in [0.15, 0.2) is 4.96 Å². The van der Waals surface area contributed by atoms with Gasteiger partial charge in [0.25, 0.3) is 5.56 Å². The molecule has 1 aliphatic carbocycles. The third-order valence-electron chi connectivity index (χ3n) is 8.76. The van der Waals surface area contributed by atoms with Gasteiger partial charge in [-0.1, -0.05) is 79.8 Å². The number of rotatable bonds is 1. The number of nitrogens with zero attached hydrogens (tertiary/aromatic N) is 3. The van der Waals surface area contributed by atoms with Crippen molar-refractivity contribution >= 4 is 59.2 Å². The van der Waals surface area contributed by atoms with Gasteiger partial charge < -0.3 is 4.57 Å². The Labute approximate surface area is 233 Å². The first-order valence-electron chi connectivity index (χ1n) is 13.5. The minimum absolute atomic E-state index is 0.0245. The maximum absolute atomic E-state index is 13.6. The third kappa shape index (κ3) is 2.70. The Kier molecular flexibility index (Phi) is 4.13. The zero-order chi connectivity index (χ0) is 26.7. The Morgan fingerprint density at radius 1 is 0.675 bits per heavy atom. The normalized spacial score (nSPS) is 14.1. The predicted octanol–water partition coefficient (Wildman–Crippen LogP) is 8.47. The number of imidazole rings is 1. The lowest BCUT2D eigenvalue weighted by Crippen LogP contribution is -2.15. The molecule has 0 bridgehead atoms. The zero-order valence-corrected chi connectivity index (χ0v) is 22.8. The summed E-state index contributed by atoms with van der Waals surface area (Å²) in [6.45, 7) is 4.64. The van der Waals surface area contributed by atoms with Gasteiger partial charge in [-0.05, 0) is 70.8 Å². The predicted molar refractivity (Wildman–Crippen MR) is 166 cm³/mol. The van der Waals surface area contributed by atoms with Crippen molar-refractivity contribution in [3.63, 3.8) is 0 Å². The molecule has 3 heterocycles. The molecule has 0 atom stereocenters. The molecule has 0 fully saturated rings. The quantitative estimate of drug-likeness (QED) is 0.212. The van der Waals surface area contributed by atoms with E-state index in [1.54, 1.807) is 15.7 Å². The summed E-state index contributed by atoms with van der Waals surface area (Å²) in [4.78, 5) is 19.2. The molecule has 8 aromatic rings. The first kappa shape index (κ1) is 22.1. The summed E-state index contributed by atoms with van der Waals surface area (Å²) < 4.78 is 5.07. The van der Waals surface area contributed by atoms with E-state index in [1.807, 2.05) is 30.3 Å². The SMILES string of the molecule is CC1(C)c2ccccc2-c2cc3c4ccccc4n(-c4ccc5nc6sc7ccccc7c(=O)n6c5c4)c3cc21. The van der Waals surface area contributed by atoms with Crippen molar-refractivity contribution < 1.29 is 0 Å². The number of hydrogen-bond acceptors (Lipinski definition) is 3. The van der Waals surface area contributed by atoms with E-state index in [0.29, 0.717) is 0 Å². The zero-order valence-electron chi connectivity index (χ0n) is 22.0. The standard InChI is InChI=1S/C35H23N3OS/c1-35(2)26-12-6-3-9-21(26)24-18-25-22-10-4-7-13-29(22)37(30(25)19-27(24)35)20-15-16-28-31(17-20)38-33(39)23-11-5-8-14-32(23)40-34(38)36-28/h3-19H,1-2H3. The van der Waals surface area contributed by atoms with Crippen molar-refractivity contribution in [3.05, 3.63) is 125 Å². The van der Waals surface area contributed by atoms with Crippen LogP contribution >= 0.6 is 11.3 Å². The van der Waals surface area contributed by atoms with E-state index < -0.39 is 0 Å². The van der Waals surface area contributed by atoms with Gasteiger partial charge in [0, 0.05) is 26.6 Å². The summed E-state index contributed by atoms with van der Waals surface area (Å²) >= 11 is 1.55. The van der Waals surface area contributed by atoms with Crippen LogP contribution in [-0.2, 0) is 5.41 Å². The highest BCUT2D eigenvalue weighted by Gasteiger charge is 2.36. The molecule has 0 N–H and O–H groups in total. The summed E-state index contributed by atoms with van der Waals surface area (Å²) in [5.41, 5.74) is 10.2. The van der Waals surface area contributed by atoms with Crippen molar-refractivity contribution in [2.75, 3.05) is 0 Å². The fourth-order valence-electron chi connectivity index (χ4n) is 6.84. The summed E-state index contributed by atoms with van der Waals surface area (Å²) in [5.74, 6) is 0. The van der Waals surface area contributed by atoms with Gasteiger partial charge >= 0.3 is 0 Å². The van der Waals surface area contributed by atoms with Crippen LogP contribution in [0.25, 0.3) is 64.7 Å². The summed E-state index contributed by atoms with van der Waals surface area (Å²) in [5, 5.41) is 3.18. The molecule has 40 heavy (non-hydrogen) atoms. The molecule has 1 aliphatic rings.